The number of anilines is 1. The third-order valence-corrected chi connectivity index (χ3v) is 4.58. The zero-order valence-electron chi connectivity index (χ0n) is 13.8. The second kappa shape index (κ2) is 8.26. The van der Waals surface area contributed by atoms with Gasteiger partial charge >= 0.3 is 0 Å². The van der Waals surface area contributed by atoms with Crippen molar-refractivity contribution in [3.05, 3.63) is 29.8 Å². The van der Waals surface area contributed by atoms with Gasteiger partial charge in [0.05, 0.1) is 6.61 Å². The molecular formula is C18H25N3O3. The molecule has 1 aliphatic heterocycles. The third kappa shape index (κ3) is 4.55. The lowest BCUT2D eigenvalue weighted by molar-refractivity contribution is -0.128. The zero-order valence-corrected chi connectivity index (χ0v) is 13.8. The van der Waals surface area contributed by atoms with Gasteiger partial charge < -0.3 is 20.7 Å². The Bertz CT molecular complexity index is 561. The molecule has 0 bridgehead atoms. The van der Waals surface area contributed by atoms with Crippen LogP contribution in [0.3, 0.4) is 0 Å². The molecule has 1 aromatic rings. The number of ether oxygens (including phenoxy) is 1. The standard InChI is InChI=1S/C18H25N3O3/c22-17(20-14-4-2-1-3-5-14)13-6-8-15(9-7-13)21-18(23)16-12-19-10-11-24-16/h6-9,14,16,19H,1-5,10-12H2,(H,20,22)(H,21,23). The number of benzene rings is 1. The van der Waals surface area contributed by atoms with Crippen LogP contribution < -0.4 is 16.0 Å². The predicted octanol–water partition coefficient (Wildman–Crippen LogP) is 1.68. The van der Waals surface area contributed by atoms with Gasteiger partial charge in [0.2, 0.25) is 0 Å². The molecule has 2 amide bonds. The van der Waals surface area contributed by atoms with Gasteiger partial charge in [-0.05, 0) is 37.1 Å². The van der Waals surface area contributed by atoms with E-state index in [-0.39, 0.29) is 11.8 Å². The summed E-state index contributed by atoms with van der Waals surface area (Å²) in [5.41, 5.74) is 1.29. The van der Waals surface area contributed by atoms with E-state index in [1.54, 1.807) is 24.3 Å². The number of hydrogen-bond donors (Lipinski definition) is 3. The molecule has 1 atom stereocenters. The second-order valence-electron chi connectivity index (χ2n) is 6.44. The lowest BCUT2D eigenvalue weighted by Crippen LogP contribution is -2.45. The van der Waals surface area contributed by atoms with Crippen molar-refractivity contribution in [3.63, 3.8) is 0 Å². The van der Waals surface area contributed by atoms with Gasteiger partial charge in [-0.1, -0.05) is 19.3 Å². The Kier molecular flexibility index (Phi) is 5.82. The highest BCUT2D eigenvalue weighted by Gasteiger charge is 2.22. The quantitative estimate of drug-likeness (QED) is 0.784. The van der Waals surface area contributed by atoms with E-state index in [9.17, 15) is 9.59 Å². The number of amides is 2. The van der Waals surface area contributed by atoms with E-state index in [2.05, 4.69) is 16.0 Å². The van der Waals surface area contributed by atoms with Crippen molar-refractivity contribution in [2.24, 2.45) is 0 Å². The summed E-state index contributed by atoms with van der Waals surface area (Å²) in [6, 6.07) is 7.29. The summed E-state index contributed by atoms with van der Waals surface area (Å²) in [6.45, 7) is 1.83. The summed E-state index contributed by atoms with van der Waals surface area (Å²) in [6.07, 6.45) is 5.31. The Morgan fingerprint density at radius 1 is 1.08 bits per heavy atom. The van der Waals surface area contributed by atoms with Crippen LogP contribution in [-0.4, -0.2) is 43.7 Å². The summed E-state index contributed by atoms with van der Waals surface area (Å²) in [7, 11) is 0. The normalized spacial score (nSPS) is 21.9. The predicted molar refractivity (Wildman–Crippen MR) is 92.0 cm³/mol. The highest BCUT2D eigenvalue weighted by Crippen LogP contribution is 2.18. The minimum absolute atomic E-state index is 0.0420. The fraction of sp³-hybridized carbons (Fsp3) is 0.556. The largest absolute Gasteiger partial charge is 0.366 e. The van der Waals surface area contributed by atoms with E-state index in [0.717, 1.165) is 19.4 Å². The minimum atomic E-state index is -0.465. The van der Waals surface area contributed by atoms with Crippen LogP contribution in [0.2, 0.25) is 0 Å². The van der Waals surface area contributed by atoms with Gasteiger partial charge in [0.1, 0.15) is 6.10 Å². The average molecular weight is 331 g/mol. The van der Waals surface area contributed by atoms with E-state index in [1.165, 1.54) is 19.3 Å². The second-order valence-corrected chi connectivity index (χ2v) is 6.44. The van der Waals surface area contributed by atoms with E-state index in [4.69, 9.17) is 4.74 Å². The van der Waals surface area contributed by atoms with Crippen LogP contribution in [0, 0.1) is 0 Å². The van der Waals surface area contributed by atoms with Gasteiger partial charge in [-0.25, -0.2) is 0 Å². The summed E-state index contributed by atoms with van der Waals surface area (Å²) in [4.78, 5) is 24.4. The van der Waals surface area contributed by atoms with Crippen molar-refractivity contribution in [3.8, 4) is 0 Å². The lowest BCUT2D eigenvalue weighted by Gasteiger charge is -2.23. The van der Waals surface area contributed by atoms with Gasteiger partial charge in [-0.15, -0.1) is 0 Å². The number of carbonyl (C=O) groups excluding carboxylic acids is 2. The van der Waals surface area contributed by atoms with Crippen molar-refractivity contribution in [2.45, 2.75) is 44.2 Å². The van der Waals surface area contributed by atoms with Gasteiger partial charge in [-0.3, -0.25) is 9.59 Å². The van der Waals surface area contributed by atoms with E-state index < -0.39 is 6.10 Å². The van der Waals surface area contributed by atoms with Gasteiger partial charge in [0.25, 0.3) is 11.8 Å². The molecule has 0 aromatic heterocycles. The van der Waals surface area contributed by atoms with Gasteiger partial charge in [0, 0.05) is 30.4 Å². The Labute approximate surface area is 142 Å². The molecule has 6 heteroatoms. The summed E-state index contributed by atoms with van der Waals surface area (Å²) in [5.74, 6) is -0.207. The van der Waals surface area contributed by atoms with Crippen LogP contribution in [0.4, 0.5) is 5.69 Å². The Hall–Kier alpha value is -1.92. The van der Waals surface area contributed by atoms with Crippen LogP contribution in [0.1, 0.15) is 42.5 Å². The van der Waals surface area contributed by atoms with Crippen LogP contribution in [-0.2, 0) is 9.53 Å². The van der Waals surface area contributed by atoms with Crippen molar-refractivity contribution in [1.82, 2.24) is 10.6 Å². The fourth-order valence-electron chi connectivity index (χ4n) is 3.18. The maximum absolute atomic E-state index is 12.3. The molecule has 0 spiro atoms. The molecule has 130 valence electrons. The number of morpholine rings is 1. The smallest absolute Gasteiger partial charge is 0.254 e. The fourth-order valence-corrected chi connectivity index (χ4v) is 3.18. The van der Waals surface area contributed by atoms with E-state index in [0.29, 0.717) is 30.4 Å². The number of nitrogens with one attached hydrogen (secondary N) is 3. The van der Waals surface area contributed by atoms with E-state index >= 15 is 0 Å². The Morgan fingerprint density at radius 2 is 1.83 bits per heavy atom. The van der Waals surface area contributed by atoms with E-state index in [1.807, 2.05) is 0 Å². The molecule has 2 aliphatic rings. The minimum Gasteiger partial charge on any atom is -0.366 e. The van der Waals surface area contributed by atoms with Crippen molar-refractivity contribution in [2.75, 3.05) is 25.0 Å². The first-order chi connectivity index (χ1) is 11.7. The first-order valence-corrected chi connectivity index (χ1v) is 8.76. The molecule has 3 N–H and O–H groups in total. The highest BCUT2D eigenvalue weighted by atomic mass is 16.5. The van der Waals surface area contributed by atoms with Crippen molar-refractivity contribution >= 4 is 17.5 Å². The summed E-state index contributed by atoms with van der Waals surface area (Å²) < 4.78 is 5.42. The molecule has 24 heavy (non-hydrogen) atoms. The Morgan fingerprint density at radius 3 is 2.50 bits per heavy atom. The third-order valence-electron chi connectivity index (χ3n) is 4.58. The van der Waals surface area contributed by atoms with Crippen molar-refractivity contribution < 1.29 is 14.3 Å². The lowest BCUT2D eigenvalue weighted by atomic mass is 9.95. The number of carbonyl (C=O) groups is 2. The molecule has 1 aromatic carbocycles. The molecule has 2 fully saturated rings. The number of rotatable bonds is 4. The average Bonchev–Trinajstić information content (AvgIpc) is 2.64. The molecule has 1 saturated carbocycles. The Balaban J connectivity index is 1.52. The van der Waals surface area contributed by atoms with Crippen LogP contribution in [0.15, 0.2) is 24.3 Å². The zero-order chi connectivity index (χ0) is 16.8. The molecule has 1 saturated heterocycles. The number of hydrogen-bond acceptors (Lipinski definition) is 4. The summed E-state index contributed by atoms with van der Waals surface area (Å²) >= 11 is 0. The topological polar surface area (TPSA) is 79.5 Å². The maximum Gasteiger partial charge on any atom is 0.254 e. The van der Waals surface area contributed by atoms with Crippen molar-refractivity contribution in [1.29, 1.82) is 0 Å². The molecular weight excluding hydrogens is 306 g/mol. The highest BCUT2D eigenvalue weighted by molar-refractivity contribution is 5.97. The SMILES string of the molecule is O=C(NC1CCCCC1)c1ccc(NC(=O)C2CNCCO2)cc1. The molecule has 1 heterocycles. The van der Waals surface area contributed by atoms with Gasteiger partial charge in [-0.2, -0.15) is 0 Å². The van der Waals surface area contributed by atoms with Gasteiger partial charge in [0.15, 0.2) is 0 Å². The molecule has 3 rings (SSSR count). The molecule has 1 aliphatic carbocycles. The first-order valence-electron chi connectivity index (χ1n) is 8.76. The first kappa shape index (κ1) is 16.9. The summed E-state index contributed by atoms with van der Waals surface area (Å²) in [5, 5.41) is 9.04. The molecule has 6 nitrogen and oxygen atoms in total. The van der Waals surface area contributed by atoms with Crippen LogP contribution >= 0.6 is 0 Å². The van der Waals surface area contributed by atoms with Crippen LogP contribution in [0.25, 0.3) is 0 Å². The maximum atomic E-state index is 12.3. The monoisotopic (exact) mass is 331 g/mol. The molecule has 1 unspecified atom stereocenters. The molecule has 0 radical (unpaired) electrons. The van der Waals surface area contributed by atoms with Crippen LogP contribution in [0.5, 0.6) is 0 Å².